The van der Waals surface area contributed by atoms with Gasteiger partial charge in [0.2, 0.25) is 0 Å². The molecule has 1 fully saturated rings. The number of likely N-dealkylation sites (tertiary alicyclic amines) is 1. The Morgan fingerprint density at radius 2 is 2.04 bits per heavy atom. The minimum absolute atomic E-state index is 0.168. The highest BCUT2D eigenvalue weighted by Crippen LogP contribution is 2.23. The lowest BCUT2D eigenvalue weighted by atomic mass is 10.1. The lowest BCUT2D eigenvalue weighted by molar-refractivity contribution is 0.0685. The summed E-state index contributed by atoms with van der Waals surface area (Å²) in [4.78, 5) is 13.6. The molecular weight excluding hydrogens is 306 g/mol. The molecule has 6 nitrogen and oxygen atoms in total. The predicted octanol–water partition coefficient (Wildman–Crippen LogP) is 2.65. The van der Waals surface area contributed by atoms with Gasteiger partial charge in [0.25, 0.3) is 0 Å². The quantitative estimate of drug-likeness (QED) is 0.882. The second kappa shape index (κ2) is 7.49. The van der Waals surface area contributed by atoms with Gasteiger partial charge in [-0.1, -0.05) is 18.6 Å². The van der Waals surface area contributed by atoms with E-state index in [1.54, 1.807) is 13.1 Å². The van der Waals surface area contributed by atoms with Gasteiger partial charge in [0.05, 0.1) is 5.69 Å². The third kappa shape index (κ3) is 3.94. The molecule has 3 rings (SSSR count). The number of hydrogen-bond acceptors (Lipinski definition) is 4. The van der Waals surface area contributed by atoms with E-state index < -0.39 is 5.97 Å². The Morgan fingerprint density at radius 1 is 1.25 bits per heavy atom. The average Bonchev–Trinajstić information content (AvgIpc) is 2.98. The van der Waals surface area contributed by atoms with E-state index in [1.165, 1.54) is 23.9 Å². The van der Waals surface area contributed by atoms with Crippen LogP contribution in [0, 0.1) is 0 Å². The van der Waals surface area contributed by atoms with Crippen molar-refractivity contribution < 1.29 is 14.6 Å². The van der Waals surface area contributed by atoms with Crippen LogP contribution in [0.3, 0.4) is 0 Å². The van der Waals surface area contributed by atoms with Crippen molar-refractivity contribution >= 4 is 5.97 Å². The van der Waals surface area contributed by atoms with E-state index >= 15 is 0 Å². The first-order valence-electron chi connectivity index (χ1n) is 8.36. The van der Waals surface area contributed by atoms with Gasteiger partial charge < -0.3 is 9.84 Å². The molecule has 0 atom stereocenters. The molecule has 1 saturated heterocycles. The van der Waals surface area contributed by atoms with Gasteiger partial charge in [0.15, 0.2) is 0 Å². The summed E-state index contributed by atoms with van der Waals surface area (Å²) in [7, 11) is 1.63. The summed E-state index contributed by atoms with van der Waals surface area (Å²) in [5.74, 6) is -0.197. The van der Waals surface area contributed by atoms with Crippen molar-refractivity contribution in [3.8, 4) is 17.0 Å². The molecule has 1 aliphatic heterocycles. The molecule has 1 aromatic heterocycles. The fourth-order valence-corrected chi connectivity index (χ4v) is 3.03. The molecule has 1 aliphatic rings. The Morgan fingerprint density at radius 3 is 2.75 bits per heavy atom. The maximum absolute atomic E-state index is 11.1. The van der Waals surface area contributed by atoms with Crippen LogP contribution in [0.25, 0.3) is 11.3 Å². The molecule has 0 unspecified atom stereocenters. The monoisotopic (exact) mass is 329 g/mol. The Labute approximate surface area is 141 Å². The summed E-state index contributed by atoms with van der Waals surface area (Å²) in [6.07, 6.45) is 3.89. The van der Waals surface area contributed by atoms with Crippen molar-refractivity contribution in [2.75, 3.05) is 26.2 Å². The molecule has 6 heteroatoms. The second-order valence-corrected chi connectivity index (χ2v) is 6.12. The minimum Gasteiger partial charge on any atom is -0.492 e. The number of carboxylic acids is 1. The zero-order valence-corrected chi connectivity index (χ0v) is 13.9. The number of carbonyl (C=O) groups is 1. The number of hydrogen-bond donors (Lipinski definition) is 1. The smallest absolute Gasteiger partial charge is 0.354 e. The van der Waals surface area contributed by atoms with Crippen LogP contribution in [0.4, 0.5) is 0 Å². The lowest BCUT2D eigenvalue weighted by Gasteiger charge is -2.26. The van der Waals surface area contributed by atoms with E-state index in [-0.39, 0.29) is 5.69 Å². The van der Waals surface area contributed by atoms with Crippen LogP contribution in [0.5, 0.6) is 5.75 Å². The molecule has 24 heavy (non-hydrogen) atoms. The number of rotatable bonds is 6. The second-order valence-electron chi connectivity index (χ2n) is 6.12. The summed E-state index contributed by atoms with van der Waals surface area (Å²) < 4.78 is 7.24. The fraction of sp³-hybridized carbons (Fsp3) is 0.444. The van der Waals surface area contributed by atoms with Crippen molar-refractivity contribution in [3.05, 3.63) is 36.0 Å². The van der Waals surface area contributed by atoms with E-state index in [9.17, 15) is 4.79 Å². The average molecular weight is 329 g/mol. The molecule has 0 radical (unpaired) electrons. The van der Waals surface area contributed by atoms with Crippen molar-refractivity contribution in [2.45, 2.75) is 19.3 Å². The molecule has 0 amide bonds. The van der Waals surface area contributed by atoms with Crippen molar-refractivity contribution in [3.63, 3.8) is 0 Å². The first-order chi connectivity index (χ1) is 11.6. The van der Waals surface area contributed by atoms with E-state index in [0.29, 0.717) is 12.3 Å². The maximum atomic E-state index is 11.1. The molecular formula is C18H23N3O3. The summed E-state index contributed by atoms with van der Waals surface area (Å²) in [6.45, 7) is 3.92. The van der Waals surface area contributed by atoms with Gasteiger partial charge in [0.1, 0.15) is 18.1 Å². The molecule has 1 aromatic carbocycles. The van der Waals surface area contributed by atoms with Crippen LogP contribution in [0.1, 0.15) is 29.8 Å². The van der Waals surface area contributed by atoms with E-state index in [0.717, 1.165) is 30.9 Å². The molecule has 0 spiro atoms. The molecule has 1 N–H and O–H groups in total. The van der Waals surface area contributed by atoms with Gasteiger partial charge in [-0.25, -0.2) is 4.79 Å². The van der Waals surface area contributed by atoms with Crippen molar-refractivity contribution in [1.29, 1.82) is 0 Å². The Balaban J connectivity index is 1.63. The molecule has 0 saturated carbocycles. The molecule has 2 aromatic rings. The topological polar surface area (TPSA) is 67.6 Å². The van der Waals surface area contributed by atoms with Crippen molar-refractivity contribution in [2.24, 2.45) is 7.05 Å². The Kier molecular flexibility index (Phi) is 5.15. The minimum atomic E-state index is -0.981. The third-order valence-electron chi connectivity index (χ3n) is 4.35. The highest BCUT2D eigenvalue weighted by Gasteiger charge is 2.13. The largest absolute Gasteiger partial charge is 0.492 e. The zero-order valence-electron chi connectivity index (χ0n) is 13.9. The zero-order chi connectivity index (χ0) is 16.9. The summed E-state index contributed by atoms with van der Waals surface area (Å²) in [5.41, 5.74) is 1.66. The molecule has 0 bridgehead atoms. The van der Waals surface area contributed by atoms with E-state index in [2.05, 4.69) is 10.00 Å². The lowest BCUT2D eigenvalue weighted by Crippen LogP contribution is -2.33. The van der Waals surface area contributed by atoms with Crippen molar-refractivity contribution in [1.82, 2.24) is 14.7 Å². The number of nitrogens with zero attached hydrogens (tertiary/aromatic N) is 3. The van der Waals surface area contributed by atoms with Gasteiger partial charge in [-0.15, -0.1) is 0 Å². The van der Waals surface area contributed by atoms with Gasteiger partial charge in [-0.2, -0.15) is 5.10 Å². The molecule has 2 heterocycles. The van der Waals surface area contributed by atoms with Crippen LogP contribution in [-0.4, -0.2) is 52.0 Å². The standard InChI is InChI=1S/C18H23N3O3/c1-20-17(18(22)23)13-16(19-20)14-6-5-7-15(12-14)24-11-10-21-8-3-2-4-9-21/h5-7,12-13H,2-4,8-11H2,1H3,(H,22,23). The number of benzene rings is 1. The number of carboxylic acid groups (broad SMARTS) is 1. The van der Waals surface area contributed by atoms with Gasteiger partial charge in [0, 0.05) is 19.2 Å². The highest BCUT2D eigenvalue weighted by molar-refractivity contribution is 5.87. The number of aromatic carboxylic acids is 1. The van der Waals surface area contributed by atoms with Gasteiger partial charge in [-0.05, 0) is 44.1 Å². The first-order valence-corrected chi connectivity index (χ1v) is 8.36. The van der Waals surface area contributed by atoms with E-state index in [1.807, 2.05) is 24.3 Å². The Hall–Kier alpha value is -2.34. The number of ether oxygens (including phenoxy) is 1. The summed E-state index contributed by atoms with van der Waals surface area (Å²) in [5, 5.41) is 13.4. The van der Waals surface area contributed by atoms with Crippen LogP contribution in [0.2, 0.25) is 0 Å². The van der Waals surface area contributed by atoms with Crippen LogP contribution in [-0.2, 0) is 7.05 Å². The number of aromatic nitrogens is 2. The molecule has 128 valence electrons. The third-order valence-corrected chi connectivity index (χ3v) is 4.35. The van der Waals surface area contributed by atoms with E-state index in [4.69, 9.17) is 9.84 Å². The highest BCUT2D eigenvalue weighted by atomic mass is 16.5. The van der Waals surface area contributed by atoms with Crippen LogP contribution >= 0.6 is 0 Å². The van der Waals surface area contributed by atoms with Gasteiger partial charge >= 0.3 is 5.97 Å². The predicted molar refractivity (Wildman–Crippen MR) is 91.4 cm³/mol. The SMILES string of the molecule is Cn1nc(-c2cccc(OCCN3CCCCC3)c2)cc1C(=O)O. The van der Waals surface area contributed by atoms with Crippen LogP contribution < -0.4 is 4.74 Å². The first kappa shape index (κ1) is 16.5. The van der Waals surface area contributed by atoms with Crippen LogP contribution in [0.15, 0.2) is 30.3 Å². The Bertz CT molecular complexity index is 705. The summed E-state index contributed by atoms with van der Waals surface area (Å²) in [6, 6.07) is 9.21. The fourth-order valence-electron chi connectivity index (χ4n) is 3.03. The molecule has 0 aliphatic carbocycles. The van der Waals surface area contributed by atoms with Gasteiger partial charge in [-0.3, -0.25) is 9.58 Å². The maximum Gasteiger partial charge on any atom is 0.354 e. The normalized spacial score (nSPS) is 15.4. The number of piperidine rings is 1. The number of aryl methyl sites for hydroxylation is 1. The summed E-state index contributed by atoms with van der Waals surface area (Å²) >= 11 is 0.